The van der Waals surface area contributed by atoms with Gasteiger partial charge in [-0.05, 0) is 43.7 Å². The first kappa shape index (κ1) is 15.8. The first-order valence-electron chi connectivity index (χ1n) is 6.27. The summed E-state index contributed by atoms with van der Waals surface area (Å²) < 4.78 is 27.0. The molecule has 0 unspecified atom stereocenters. The number of pyridine rings is 1. The van der Waals surface area contributed by atoms with Gasteiger partial charge in [-0.1, -0.05) is 17.7 Å². The topological polar surface area (TPSA) is 85.1 Å². The normalized spacial score (nSPS) is 11.6. The van der Waals surface area contributed by atoms with Crippen molar-refractivity contribution in [2.45, 2.75) is 25.3 Å². The molecule has 2 rings (SSSR count). The van der Waals surface area contributed by atoms with Gasteiger partial charge in [-0.3, -0.25) is 4.98 Å². The van der Waals surface area contributed by atoms with Gasteiger partial charge in [0, 0.05) is 16.4 Å². The van der Waals surface area contributed by atoms with E-state index in [-0.39, 0.29) is 11.4 Å². The van der Waals surface area contributed by atoms with Gasteiger partial charge in [-0.15, -0.1) is 0 Å². The molecule has 0 amide bonds. The SMILES string of the molecule is Cc1cccc(CNS(=O)(=O)c2cc(N)c(C)c(Cl)c2)n1. The molecule has 0 radical (unpaired) electrons. The highest BCUT2D eigenvalue weighted by Gasteiger charge is 2.16. The van der Waals surface area contributed by atoms with Crippen LogP contribution in [0.1, 0.15) is 17.0 Å². The Hall–Kier alpha value is -1.63. The Morgan fingerprint density at radius 3 is 2.62 bits per heavy atom. The van der Waals surface area contributed by atoms with Crippen molar-refractivity contribution < 1.29 is 8.42 Å². The predicted molar refractivity (Wildman–Crippen MR) is 83.6 cm³/mol. The molecule has 0 aliphatic rings. The van der Waals surface area contributed by atoms with E-state index >= 15 is 0 Å². The van der Waals surface area contributed by atoms with E-state index in [0.717, 1.165) is 5.69 Å². The molecule has 0 bridgehead atoms. The molecular formula is C14H16ClN3O2S. The maximum Gasteiger partial charge on any atom is 0.241 e. The van der Waals surface area contributed by atoms with Crippen LogP contribution >= 0.6 is 11.6 Å². The van der Waals surface area contributed by atoms with Gasteiger partial charge in [0.15, 0.2) is 0 Å². The average molecular weight is 326 g/mol. The number of sulfonamides is 1. The number of aryl methyl sites for hydroxylation is 1. The van der Waals surface area contributed by atoms with Crippen LogP contribution in [0.5, 0.6) is 0 Å². The minimum absolute atomic E-state index is 0.0447. The molecule has 1 heterocycles. The molecular weight excluding hydrogens is 310 g/mol. The van der Waals surface area contributed by atoms with Crippen LogP contribution in [-0.2, 0) is 16.6 Å². The quantitative estimate of drug-likeness (QED) is 0.845. The number of nitrogens with zero attached hydrogens (tertiary/aromatic N) is 1. The van der Waals surface area contributed by atoms with Crippen molar-refractivity contribution in [3.63, 3.8) is 0 Å². The van der Waals surface area contributed by atoms with Gasteiger partial charge in [0.25, 0.3) is 0 Å². The molecule has 5 nitrogen and oxygen atoms in total. The van der Waals surface area contributed by atoms with Gasteiger partial charge >= 0.3 is 0 Å². The molecule has 0 spiro atoms. The molecule has 0 atom stereocenters. The lowest BCUT2D eigenvalue weighted by Gasteiger charge is -2.10. The highest BCUT2D eigenvalue weighted by atomic mass is 35.5. The number of benzene rings is 1. The van der Waals surface area contributed by atoms with Crippen molar-refractivity contribution in [3.8, 4) is 0 Å². The average Bonchev–Trinajstić information content (AvgIpc) is 2.42. The second kappa shape index (κ2) is 6.01. The Bertz CT molecular complexity index is 753. The highest BCUT2D eigenvalue weighted by molar-refractivity contribution is 7.89. The summed E-state index contributed by atoms with van der Waals surface area (Å²) in [6.07, 6.45) is 0. The molecule has 0 saturated heterocycles. The second-order valence-corrected chi connectivity index (χ2v) is 6.89. The smallest absolute Gasteiger partial charge is 0.241 e. The van der Waals surface area contributed by atoms with Gasteiger partial charge < -0.3 is 5.73 Å². The number of nitrogens with one attached hydrogen (secondary N) is 1. The summed E-state index contributed by atoms with van der Waals surface area (Å²) in [5.41, 5.74) is 8.23. The molecule has 1 aromatic heterocycles. The van der Waals surface area contributed by atoms with Crippen LogP contribution < -0.4 is 10.5 Å². The zero-order valence-corrected chi connectivity index (χ0v) is 13.3. The van der Waals surface area contributed by atoms with Crippen LogP contribution in [0.3, 0.4) is 0 Å². The third-order valence-corrected chi connectivity index (χ3v) is 4.83. The predicted octanol–water partition coefficient (Wildman–Crippen LogP) is 2.41. The number of halogens is 1. The summed E-state index contributed by atoms with van der Waals surface area (Å²) in [7, 11) is -3.69. The lowest BCUT2D eigenvalue weighted by molar-refractivity contribution is 0.580. The van der Waals surface area contributed by atoms with Crippen LogP contribution in [-0.4, -0.2) is 13.4 Å². The minimum atomic E-state index is -3.69. The number of nitrogen functional groups attached to an aromatic ring is 1. The minimum Gasteiger partial charge on any atom is -0.398 e. The number of anilines is 1. The fourth-order valence-corrected chi connectivity index (χ4v) is 3.13. The summed E-state index contributed by atoms with van der Waals surface area (Å²) in [5, 5.41) is 0.323. The fourth-order valence-electron chi connectivity index (χ4n) is 1.78. The molecule has 0 saturated carbocycles. The Morgan fingerprint density at radius 2 is 2.00 bits per heavy atom. The van der Waals surface area contributed by atoms with Crippen molar-refractivity contribution in [1.29, 1.82) is 0 Å². The van der Waals surface area contributed by atoms with Crippen LogP contribution in [0, 0.1) is 13.8 Å². The second-order valence-electron chi connectivity index (χ2n) is 4.71. The van der Waals surface area contributed by atoms with E-state index in [1.54, 1.807) is 13.0 Å². The van der Waals surface area contributed by atoms with E-state index in [2.05, 4.69) is 9.71 Å². The van der Waals surface area contributed by atoms with Crippen molar-refractivity contribution in [2.24, 2.45) is 0 Å². The largest absolute Gasteiger partial charge is 0.398 e. The first-order valence-corrected chi connectivity index (χ1v) is 8.13. The van der Waals surface area contributed by atoms with Crippen LogP contribution in [0.2, 0.25) is 5.02 Å². The Labute approximate surface area is 129 Å². The van der Waals surface area contributed by atoms with E-state index < -0.39 is 10.0 Å². The van der Waals surface area contributed by atoms with Gasteiger partial charge in [0.05, 0.1) is 17.1 Å². The summed E-state index contributed by atoms with van der Waals surface area (Å²) in [6, 6.07) is 8.21. The van der Waals surface area contributed by atoms with Crippen LogP contribution in [0.4, 0.5) is 5.69 Å². The number of hydrogen-bond acceptors (Lipinski definition) is 4. The molecule has 3 N–H and O–H groups in total. The van der Waals surface area contributed by atoms with E-state index in [1.165, 1.54) is 12.1 Å². The molecule has 1 aromatic carbocycles. The molecule has 0 aliphatic heterocycles. The molecule has 21 heavy (non-hydrogen) atoms. The van der Waals surface area contributed by atoms with Crippen LogP contribution in [0.15, 0.2) is 35.2 Å². The maximum atomic E-state index is 12.3. The monoisotopic (exact) mass is 325 g/mol. The fraction of sp³-hybridized carbons (Fsp3) is 0.214. The van der Waals surface area contributed by atoms with Crippen molar-refractivity contribution >= 4 is 27.3 Å². The number of rotatable bonds is 4. The van der Waals surface area contributed by atoms with E-state index in [0.29, 0.717) is 22.0 Å². The van der Waals surface area contributed by atoms with Gasteiger partial charge in [0.1, 0.15) is 0 Å². The number of aromatic nitrogens is 1. The molecule has 7 heteroatoms. The summed E-state index contributed by atoms with van der Waals surface area (Å²) in [6.45, 7) is 3.69. The van der Waals surface area contributed by atoms with Gasteiger partial charge in [0.2, 0.25) is 10.0 Å². The number of hydrogen-bond donors (Lipinski definition) is 2. The van der Waals surface area contributed by atoms with Crippen molar-refractivity contribution in [2.75, 3.05) is 5.73 Å². The van der Waals surface area contributed by atoms with Crippen molar-refractivity contribution in [1.82, 2.24) is 9.71 Å². The molecule has 0 aliphatic carbocycles. The Kier molecular flexibility index (Phi) is 4.51. The maximum absolute atomic E-state index is 12.3. The first-order chi connectivity index (χ1) is 9.79. The standard InChI is InChI=1S/C14H16ClN3O2S/c1-9-4-3-5-11(18-9)8-17-21(19,20)12-6-13(15)10(2)14(16)7-12/h3-7,17H,8,16H2,1-2H3. The molecule has 0 fully saturated rings. The van der Waals surface area contributed by atoms with E-state index in [9.17, 15) is 8.42 Å². The third-order valence-electron chi connectivity index (χ3n) is 3.06. The molecule has 112 valence electrons. The zero-order chi connectivity index (χ0) is 15.6. The lowest BCUT2D eigenvalue weighted by Crippen LogP contribution is -2.24. The Morgan fingerprint density at radius 1 is 1.29 bits per heavy atom. The summed E-state index contributed by atoms with van der Waals surface area (Å²) in [5.74, 6) is 0. The van der Waals surface area contributed by atoms with Crippen LogP contribution in [0.25, 0.3) is 0 Å². The van der Waals surface area contributed by atoms with E-state index in [1.807, 2.05) is 19.1 Å². The summed E-state index contributed by atoms with van der Waals surface area (Å²) >= 11 is 5.98. The van der Waals surface area contributed by atoms with Crippen molar-refractivity contribution in [3.05, 3.63) is 52.3 Å². The highest BCUT2D eigenvalue weighted by Crippen LogP contribution is 2.25. The Balaban J connectivity index is 2.23. The number of nitrogens with two attached hydrogens (primary N) is 1. The summed E-state index contributed by atoms with van der Waals surface area (Å²) in [4.78, 5) is 4.29. The van der Waals surface area contributed by atoms with Gasteiger partial charge in [-0.2, -0.15) is 0 Å². The third kappa shape index (κ3) is 3.72. The lowest BCUT2D eigenvalue weighted by atomic mass is 10.2. The van der Waals surface area contributed by atoms with Gasteiger partial charge in [-0.25, -0.2) is 13.1 Å². The zero-order valence-electron chi connectivity index (χ0n) is 11.7. The van der Waals surface area contributed by atoms with E-state index in [4.69, 9.17) is 17.3 Å². The molecule has 2 aromatic rings.